The van der Waals surface area contributed by atoms with Crippen LogP contribution in [0.4, 0.5) is 4.39 Å². The van der Waals surface area contributed by atoms with Crippen LogP contribution in [0.15, 0.2) is 45.3 Å². The van der Waals surface area contributed by atoms with Gasteiger partial charge in [0.25, 0.3) is 5.91 Å². The van der Waals surface area contributed by atoms with E-state index in [0.29, 0.717) is 41.0 Å². The van der Waals surface area contributed by atoms with Crippen LogP contribution < -0.4 is 15.4 Å². The summed E-state index contributed by atoms with van der Waals surface area (Å²) in [6, 6.07) is 3.84. The molecule has 3 N–H and O–H groups in total. The first kappa shape index (κ1) is 21.0. The molecule has 1 fully saturated rings. The summed E-state index contributed by atoms with van der Waals surface area (Å²) < 4.78 is 19.2. The molecule has 0 saturated carbocycles. The van der Waals surface area contributed by atoms with Gasteiger partial charge in [-0.3, -0.25) is 4.79 Å². The van der Waals surface area contributed by atoms with Crippen LogP contribution in [-0.2, 0) is 0 Å². The predicted octanol–water partition coefficient (Wildman–Crippen LogP) is 2.65. The number of ether oxygens (including phenoxy) is 1. The summed E-state index contributed by atoms with van der Waals surface area (Å²) in [4.78, 5) is 19.0. The van der Waals surface area contributed by atoms with E-state index < -0.39 is 5.82 Å². The third kappa shape index (κ3) is 4.49. The molecule has 1 aromatic carbocycles. The summed E-state index contributed by atoms with van der Waals surface area (Å²) in [5, 5.41) is 14.9. The maximum absolute atomic E-state index is 13.7. The Kier molecular flexibility index (Phi) is 6.34. The molecule has 0 atom stereocenters. The molecule has 1 aromatic rings. The quantitative estimate of drug-likeness (QED) is 0.640. The van der Waals surface area contributed by atoms with E-state index in [1.165, 1.54) is 23.1 Å². The molecule has 2 aliphatic rings. The van der Waals surface area contributed by atoms with Crippen molar-refractivity contribution in [3.63, 3.8) is 0 Å². The average molecular weight is 420 g/mol. The van der Waals surface area contributed by atoms with Crippen molar-refractivity contribution in [1.82, 2.24) is 15.5 Å². The number of nitrogens with zero attached hydrogens (tertiary/aromatic N) is 2. The number of hydrogen-bond donors (Lipinski definition) is 3. The third-order valence-corrected chi connectivity index (χ3v) is 5.21. The van der Waals surface area contributed by atoms with Gasteiger partial charge in [-0.25, -0.2) is 9.38 Å². The molecule has 9 heteroatoms. The van der Waals surface area contributed by atoms with Crippen LogP contribution in [0.3, 0.4) is 0 Å². The van der Waals surface area contributed by atoms with Crippen molar-refractivity contribution in [3.05, 3.63) is 51.7 Å². The summed E-state index contributed by atoms with van der Waals surface area (Å²) in [5.41, 5.74) is 2.58. The molecule has 0 spiro atoms. The van der Waals surface area contributed by atoms with Crippen molar-refractivity contribution in [2.24, 2.45) is 4.99 Å². The predicted molar refractivity (Wildman–Crippen MR) is 111 cm³/mol. The Balaban J connectivity index is 1.84. The molecular formula is C20H23ClFN5O2. The minimum absolute atomic E-state index is 0.137. The van der Waals surface area contributed by atoms with Crippen LogP contribution in [0, 0.1) is 11.2 Å². The van der Waals surface area contributed by atoms with Gasteiger partial charge in [-0.15, -0.1) is 0 Å². The van der Waals surface area contributed by atoms with Gasteiger partial charge in [0.05, 0.1) is 35.1 Å². The molecule has 2 heterocycles. The zero-order valence-electron chi connectivity index (χ0n) is 16.5. The van der Waals surface area contributed by atoms with Crippen LogP contribution in [-0.4, -0.2) is 55.5 Å². The summed E-state index contributed by atoms with van der Waals surface area (Å²) in [7, 11) is 1.78. The highest BCUT2D eigenvalue weighted by Gasteiger charge is 2.31. The largest absolute Gasteiger partial charge is 0.491 e. The van der Waals surface area contributed by atoms with E-state index in [1.54, 1.807) is 14.0 Å². The number of nitrogens with one attached hydrogen (secondary N) is 3. The third-order valence-electron chi connectivity index (χ3n) is 4.65. The minimum atomic E-state index is -0.478. The smallest absolute Gasteiger partial charge is 0.258 e. The number of rotatable bonds is 5. The molecule has 0 bridgehead atoms. The average Bonchev–Trinajstić information content (AvgIpc) is 3.07. The number of likely N-dealkylation sites (N-methyl/N-ethyl adjacent to an activating group) is 1. The Bertz CT molecular complexity index is 954. The van der Waals surface area contributed by atoms with E-state index in [-0.39, 0.29) is 30.3 Å². The summed E-state index contributed by atoms with van der Waals surface area (Å²) in [5.74, 6) is -0.0950. The van der Waals surface area contributed by atoms with Crippen LogP contribution in [0.25, 0.3) is 0 Å². The second-order valence-electron chi connectivity index (χ2n) is 6.82. The van der Waals surface area contributed by atoms with Crippen molar-refractivity contribution in [3.8, 4) is 5.75 Å². The molecule has 0 unspecified atom stereocenters. The van der Waals surface area contributed by atoms with Gasteiger partial charge in [-0.2, -0.15) is 0 Å². The van der Waals surface area contributed by atoms with Crippen molar-refractivity contribution in [1.29, 1.82) is 5.41 Å². The van der Waals surface area contributed by atoms with Gasteiger partial charge >= 0.3 is 0 Å². The SMILES string of the molecule is CNCCOc1cc(F)ccc1C(=O)N1CC(=N)/C(=C2/N=C(C)C(Cl)=C(C)N2)C1. The molecule has 29 heavy (non-hydrogen) atoms. The lowest BCUT2D eigenvalue weighted by molar-refractivity contribution is 0.0799. The molecule has 2 aliphatic heterocycles. The topological polar surface area (TPSA) is 89.8 Å². The van der Waals surface area contributed by atoms with Crippen molar-refractivity contribution in [2.45, 2.75) is 13.8 Å². The minimum Gasteiger partial charge on any atom is -0.491 e. The van der Waals surface area contributed by atoms with Gasteiger partial charge in [-0.05, 0) is 33.0 Å². The second-order valence-corrected chi connectivity index (χ2v) is 7.20. The maximum atomic E-state index is 13.7. The van der Waals surface area contributed by atoms with E-state index in [2.05, 4.69) is 15.6 Å². The molecule has 1 amide bonds. The Morgan fingerprint density at radius 2 is 2.17 bits per heavy atom. The highest BCUT2D eigenvalue weighted by Crippen LogP contribution is 2.27. The Morgan fingerprint density at radius 1 is 1.41 bits per heavy atom. The first-order valence-electron chi connectivity index (χ1n) is 9.18. The number of likely N-dealkylation sites (tertiary alicyclic amines) is 1. The monoisotopic (exact) mass is 419 g/mol. The number of hydrogen-bond acceptors (Lipinski definition) is 6. The Hall–Kier alpha value is -2.71. The molecule has 154 valence electrons. The second kappa shape index (κ2) is 8.75. The summed E-state index contributed by atoms with van der Waals surface area (Å²) in [6.07, 6.45) is 0. The van der Waals surface area contributed by atoms with Crippen LogP contribution in [0.2, 0.25) is 0 Å². The number of benzene rings is 1. The molecule has 0 radical (unpaired) electrons. The van der Waals surface area contributed by atoms with E-state index >= 15 is 0 Å². The van der Waals surface area contributed by atoms with E-state index in [0.717, 1.165) is 5.70 Å². The zero-order chi connectivity index (χ0) is 21.1. The van der Waals surface area contributed by atoms with Gasteiger partial charge in [0, 0.05) is 23.9 Å². The molecule has 0 aliphatic carbocycles. The lowest BCUT2D eigenvalue weighted by Gasteiger charge is -2.19. The Labute approximate surface area is 173 Å². The molecular weight excluding hydrogens is 397 g/mol. The number of allylic oxidation sites excluding steroid dienone is 2. The van der Waals surface area contributed by atoms with Gasteiger partial charge in [-0.1, -0.05) is 11.6 Å². The number of amides is 1. The van der Waals surface area contributed by atoms with Gasteiger partial charge < -0.3 is 25.7 Å². The number of carbonyl (C=O) groups excluding carboxylic acids is 1. The molecule has 3 rings (SSSR count). The highest BCUT2D eigenvalue weighted by molar-refractivity contribution is 6.43. The molecule has 1 saturated heterocycles. The fourth-order valence-electron chi connectivity index (χ4n) is 3.11. The first-order chi connectivity index (χ1) is 13.8. The molecule has 7 nitrogen and oxygen atoms in total. The lowest BCUT2D eigenvalue weighted by Crippen LogP contribution is -2.29. The van der Waals surface area contributed by atoms with E-state index in [1.807, 2.05) is 6.92 Å². The number of halogens is 2. The maximum Gasteiger partial charge on any atom is 0.258 e. The first-order valence-corrected chi connectivity index (χ1v) is 9.55. The van der Waals surface area contributed by atoms with Gasteiger partial charge in [0.2, 0.25) is 0 Å². The standard InChI is InChI=1S/C20H23ClFN5O2/c1-11-18(21)12(2)26-19(25-11)15-9-27(10-16(15)23)20(28)14-5-4-13(22)8-17(14)29-7-6-24-3/h4-5,8,23-25H,6-7,9-10H2,1-3H3/b19-15+,23-16?. The summed E-state index contributed by atoms with van der Waals surface area (Å²) >= 11 is 6.16. The fraction of sp³-hybridized carbons (Fsp3) is 0.350. The lowest BCUT2D eigenvalue weighted by atomic mass is 10.1. The van der Waals surface area contributed by atoms with Crippen LogP contribution in [0.1, 0.15) is 24.2 Å². The van der Waals surface area contributed by atoms with Crippen molar-refractivity contribution >= 4 is 28.9 Å². The summed E-state index contributed by atoms with van der Waals surface area (Å²) in [6.45, 7) is 4.84. The van der Waals surface area contributed by atoms with Crippen molar-refractivity contribution < 1.29 is 13.9 Å². The fourth-order valence-corrected chi connectivity index (χ4v) is 3.20. The highest BCUT2D eigenvalue weighted by atomic mass is 35.5. The van der Waals surface area contributed by atoms with Crippen LogP contribution >= 0.6 is 11.6 Å². The van der Waals surface area contributed by atoms with E-state index in [4.69, 9.17) is 21.7 Å². The molecule has 0 aromatic heterocycles. The van der Waals surface area contributed by atoms with Gasteiger partial charge in [0.15, 0.2) is 0 Å². The number of aliphatic imine (C=N–C) groups is 1. The number of carbonyl (C=O) groups is 1. The Morgan fingerprint density at radius 3 is 2.86 bits per heavy atom. The normalized spacial score (nSPS) is 19.4. The zero-order valence-corrected chi connectivity index (χ0v) is 17.3. The van der Waals surface area contributed by atoms with E-state index in [9.17, 15) is 9.18 Å². The van der Waals surface area contributed by atoms with Crippen molar-refractivity contribution in [2.75, 3.05) is 33.3 Å². The van der Waals surface area contributed by atoms with Gasteiger partial charge in [0.1, 0.15) is 24.0 Å². The van der Waals surface area contributed by atoms with Crippen LogP contribution in [0.5, 0.6) is 5.75 Å².